The molecular formula is C53H79IN8O7. The van der Waals surface area contributed by atoms with Crippen LogP contribution in [0, 0.1) is 23.7 Å². The van der Waals surface area contributed by atoms with E-state index in [2.05, 4.69) is 78.2 Å². The number of pyridine rings is 4. The van der Waals surface area contributed by atoms with Gasteiger partial charge >= 0.3 is 18.3 Å². The van der Waals surface area contributed by atoms with Crippen molar-refractivity contribution in [3.8, 4) is 0 Å². The highest BCUT2D eigenvalue weighted by Crippen LogP contribution is 2.25. The smallest absolute Gasteiger partial charge is 0.410 e. The second-order valence-electron chi connectivity index (χ2n) is 21.7. The van der Waals surface area contributed by atoms with Crippen molar-refractivity contribution >= 4 is 62.9 Å². The van der Waals surface area contributed by atoms with E-state index < -0.39 is 11.2 Å². The molecule has 0 aliphatic carbocycles. The number of carbonyl (C=O) groups is 3. The first kappa shape index (κ1) is 55.5. The molecule has 15 nitrogen and oxygen atoms in total. The molecule has 3 amide bonds. The van der Waals surface area contributed by atoms with Gasteiger partial charge in [0.25, 0.3) is 0 Å². The summed E-state index contributed by atoms with van der Waals surface area (Å²) < 4.78 is 17.1. The minimum Gasteiger partial charge on any atom is -0.444 e. The Labute approximate surface area is 424 Å². The number of nitrogens with zero attached hydrogens (tertiary/aromatic N) is 7. The van der Waals surface area contributed by atoms with Gasteiger partial charge in [-0.2, -0.15) is 0 Å². The third kappa shape index (κ3) is 19.7. The lowest BCUT2D eigenvalue weighted by Gasteiger charge is -2.24. The lowest BCUT2D eigenvalue weighted by atomic mass is 10.0. The van der Waals surface area contributed by atoms with Crippen LogP contribution in [-0.2, 0) is 27.1 Å². The molecule has 380 valence electrons. The fraction of sp³-hybridized carbons (Fsp3) is 0.642. The molecule has 69 heavy (non-hydrogen) atoms. The van der Waals surface area contributed by atoms with E-state index in [0.717, 1.165) is 103 Å². The lowest BCUT2D eigenvalue weighted by Crippen LogP contribution is -2.35. The van der Waals surface area contributed by atoms with Crippen molar-refractivity contribution < 1.29 is 33.7 Å². The average Bonchev–Trinajstić information content (AvgIpc) is 4.15. The zero-order valence-electron chi connectivity index (χ0n) is 42.7. The maximum atomic E-state index is 12.1. The van der Waals surface area contributed by atoms with E-state index in [0.29, 0.717) is 24.9 Å². The summed E-state index contributed by atoms with van der Waals surface area (Å²) in [5.41, 5.74) is 2.66. The number of aromatic nitrogens is 4. The minimum absolute atomic E-state index is 0.152. The van der Waals surface area contributed by atoms with Crippen molar-refractivity contribution in [2.75, 3.05) is 63.4 Å². The van der Waals surface area contributed by atoms with E-state index in [1.54, 1.807) is 17.3 Å². The van der Waals surface area contributed by atoms with Crippen molar-refractivity contribution in [1.82, 2.24) is 40.0 Å². The number of amides is 3. The Kier molecular flexibility index (Phi) is 21.0. The van der Waals surface area contributed by atoms with Crippen LogP contribution >= 0.6 is 22.6 Å². The predicted octanol–water partition coefficient (Wildman–Crippen LogP) is 9.91. The van der Waals surface area contributed by atoms with Gasteiger partial charge in [-0.15, -0.1) is 0 Å². The summed E-state index contributed by atoms with van der Waals surface area (Å²) in [6, 6.07) is 16.4. The predicted molar refractivity (Wildman–Crippen MR) is 280 cm³/mol. The molecule has 4 saturated heterocycles. The zero-order valence-corrected chi connectivity index (χ0v) is 44.9. The molecular weight excluding hydrogens is 988 g/mol. The number of hydrogen-bond donors (Lipinski definition) is 2. The van der Waals surface area contributed by atoms with Gasteiger partial charge in [0.15, 0.2) is 11.3 Å². The van der Waals surface area contributed by atoms with Crippen molar-refractivity contribution in [2.24, 2.45) is 23.7 Å². The van der Waals surface area contributed by atoms with Crippen molar-refractivity contribution in [1.29, 1.82) is 0 Å². The highest BCUT2D eigenvalue weighted by Gasteiger charge is 2.31. The Morgan fingerprint density at radius 1 is 0.609 bits per heavy atom. The molecule has 0 bridgehead atoms. The van der Waals surface area contributed by atoms with Gasteiger partial charge < -0.3 is 39.3 Å². The molecule has 0 unspecified atom stereocenters. The fourth-order valence-electron chi connectivity index (χ4n) is 8.41. The van der Waals surface area contributed by atoms with Crippen LogP contribution in [0.5, 0.6) is 0 Å². The number of aliphatic hydroxyl groups is 1. The van der Waals surface area contributed by atoms with E-state index in [1.165, 1.54) is 31.6 Å². The summed E-state index contributed by atoms with van der Waals surface area (Å²) in [7, 11) is 0. The Morgan fingerprint density at radius 3 is 1.42 bits per heavy atom. The Balaban J connectivity index is 0.000000177. The topological polar surface area (TPSA) is 172 Å². The molecule has 4 aromatic heterocycles. The lowest BCUT2D eigenvalue weighted by molar-refractivity contribution is 0.0274. The number of hydrogen-bond acceptors (Lipinski definition) is 12. The van der Waals surface area contributed by atoms with E-state index in [9.17, 15) is 14.4 Å². The summed E-state index contributed by atoms with van der Waals surface area (Å²) >= 11 is 2.37. The number of fused-ring (bicyclic) bond motifs is 2. The summed E-state index contributed by atoms with van der Waals surface area (Å²) in [4.78, 5) is 58.4. The highest BCUT2D eigenvalue weighted by atomic mass is 127. The van der Waals surface area contributed by atoms with E-state index in [1.807, 2.05) is 90.3 Å². The fourth-order valence-corrected chi connectivity index (χ4v) is 9.13. The normalized spacial score (nSPS) is 20.4. The van der Waals surface area contributed by atoms with Gasteiger partial charge in [-0.3, -0.25) is 0 Å². The van der Waals surface area contributed by atoms with Crippen LogP contribution < -0.4 is 5.32 Å². The second kappa shape index (κ2) is 26.1. The number of halogens is 1. The first-order valence-corrected chi connectivity index (χ1v) is 26.4. The van der Waals surface area contributed by atoms with Crippen molar-refractivity contribution in [2.45, 2.75) is 130 Å². The van der Waals surface area contributed by atoms with Crippen LogP contribution in [0.1, 0.15) is 112 Å². The van der Waals surface area contributed by atoms with Crippen LogP contribution in [0.2, 0.25) is 0 Å². The largest absolute Gasteiger partial charge is 0.444 e. The quantitative estimate of drug-likeness (QED) is 0.0974. The molecule has 4 atom stereocenters. The van der Waals surface area contributed by atoms with Crippen LogP contribution in [-0.4, -0.2) is 138 Å². The van der Waals surface area contributed by atoms with E-state index >= 15 is 0 Å². The van der Waals surface area contributed by atoms with E-state index in [-0.39, 0.29) is 36.4 Å². The Hall–Kier alpha value is -4.42. The number of likely N-dealkylation sites (tertiary alicyclic amines) is 3. The van der Waals surface area contributed by atoms with Gasteiger partial charge in [-0.1, -0.05) is 22.6 Å². The average molecular weight is 1070 g/mol. The van der Waals surface area contributed by atoms with Crippen LogP contribution in [0.25, 0.3) is 22.1 Å². The Morgan fingerprint density at radius 2 is 1.03 bits per heavy atom. The van der Waals surface area contributed by atoms with E-state index in [4.69, 9.17) is 19.3 Å². The zero-order chi connectivity index (χ0) is 50.2. The number of nitrogens with one attached hydrogen (secondary N) is 1. The number of rotatable bonds is 8. The highest BCUT2D eigenvalue weighted by molar-refractivity contribution is 14.1. The number of alkyl halides is 1. The maximum Gasteiger partial charge on any atom is 0.410 e. The molecule has 0 spiro atoms. The Bertz CT molecular complexity index is 2190. The van der Waals surface area contributed by atoms with Crippen molar-refractivity contribution in [3.63, 3.8) is 0 Å². The third-order valence-corrected chi connectivity index (χ3v) is 13.4. The molecule has 0 aromatic carbocycles. The van der Waals surface area contributed by atoms with Gasteiger partial charge in [0.05, 0.1) is 0 Å². The first-order chi connectivity index (χ1) is 32.7. The van der Waals surface area contributed by atoms with Gasteiger partial charge in [-0.05, 0) is 193 Å². The monoisotopic (exact) mass is 1070 g/mol. The minimum atomic E-state index is -0.436. The molecule has 4 aliphatic rings. The van der Waals surface area contributed by atoms with Crippen LogP contribution in [0.15, 0.2) is 60.9 Å². The molecule has 0 radical (unpaired) electrons. The molecule has 8 heterocycles. The van der Waals surface area contributed by atoms with Crippen molar-refractivity contribution in [3.05, 3.63) is 72.3 Å². The molecule has 0 saturated carbocycles. The summed E-state index contributed by atoms with van der Waals surface area (Å²) in [5, 5.41) is 14.5. The number of aryl methyl sites for hydroxylation is 2. The number of carbonyl (C=O) groups excluding carboxylic acids is 3. The summed E-state index contributed by atoms with van der Waals surface area (Å²) in [5.74, 6) is 2.22. The maximum absolute atomic E-state index is 12.1. The molecule has 4 aromatic rings. The van der Waals surface area contributed by atoms with Gasteiger partial charge in [0, 0.05) is 90.8 Å². The summed E-state index contributed by atoms with van der Waals surface area (Å²) in [6.07, 6.45) is 11.5. The molecule has 2 N–H and O–H groups in total. The molecule has 4 aliphatic heterocycles. The standard InChI is InChI=1S/C19H25N3O2.C14H17N3.C10H18INO2.C10H19NO3/c1-19(2,3)24-18(23)22-12-10-14(13-22)6-8-16-9-7-15-5-4-11-20-17(15)21-16;1-2-12-4-6-13(17-14(12)16-8-1)5-3-11-7-9-15-10-11;1-10(2,3)14-9(13)12-5-4-8(6-11)7-12;1-10(2,3)14-9(13)11-5-4-8(6-11)7-12/h4-5,7,9,11,14H,6,8,10,12-13H2,1-3H3;1-2,4,6,8,11,15H,3,5,7,9-10H2;8H,4-7H2,1-3H3;8,12H,4-7H2,1-3H3/t14-;11-;2*8-/m1101/s1. The van der Waals surface area contributed by atoms with Gasteiger partial charge in [-0.25, -0.2) is 34.3 Å². The third-order valence-electron chi connectivity index (χ3n) is 12.1. The SMILES string of the molecule is CC(C)(C)OC(=O)N1CC[C@@H](CCc2ccc3cccnc3n2)C1.CC(C)(C)OC(=O)N1CC[C@@H](CI)C1.CC(C)(C)OC(=O)N1CC[C@@H](CO)C1.c1cnc2nc(CC[C@@H]3CCNC3)ccc2c1. The summed E-state index contributed by atoms with van der Waals surface area (Å²) in [6.45, 7) is 24.0. The molecule has 16 heteroatoms. The van der Waals surface area contributed by atoms with Crippen LogP contribution in [0.3, 0.4) is 0 Å². The number of ether oxygens (including phenoxy) is 3. The van der Waals surface area contributed by atoms with Gasteiger partial charge in [0.1, 0.15) is 16.8 Å². The number of aliphatic hydroxyl groups excluding tert-OH is 1. The molecule has 8 rings (SSSR count). The van der Waals surface area contributed by atoms with Gasteiger partial charge in [0.2, 0.25) is 0 Å². The molecule has 4 fully saturated rings. The second-order valence-corrected chi connectivity index (χ2v) is 22.6. The van der Waals surface area contributed by atoms with Crippen LogP contribution in [0.4, 0.5) is 14.4 Å². The first-order valence-electron chi connectivity index (χ1n) is 24.9.